The molecule has 1 saturated heterocycles. The molecular weight excluding hydrogens is 492 g/mol. The van der Waals surface area contributed by atoms with Crippen LogP contribution in [0.15, 0.2) is 24.3 Å². The number of nitrogens with zero attached hydrogens (tertiary/aromatic N) is 6. The molecule has 3 aromatic rings. The number of benzene rings is 1. The molecule has 1 atom stereocenters. The number of nitriles is 1. The molecule has 1 N–H and O–H groups in total. The number of aromatic nitrogens is 4. The molecule has 0 bridgehead atoms. The van der Waals surface area contributed by atoms with E-state index in [-0.39, 0.29) is 55.1 Å². The maximum atomic E-state index is 13.8. The Hall–Kier alpha value is -3.44. The van der Waals surface area contributed by atoms with Crippen LogP contribution in [0.2, 0.25) is 0 Å². The number of hydrogen-bond acceptors (Lipinski definition) is 7. The molecule has 0 aliphatic carbocycles. The van der Waals surface area contributed by atoms with Crippen LogP contribution in [0.4, 0.5) is 26.3 Å². The SMILES string of the molecule is Cn1nnc2c(C#N)nc(-c3ccc(OCCCN4CCNC(C(F)(F)F)C4)c(C(F)(F)F)c3)cc21. The number of rotatable bonds is 6. The third-order valence-corrected chi connectivity index (χ3v) is 5.82. The molecule has 1 fully saturated rings. The Bertz CT molecular complexity index is 1280. The third kappa shape index (κ3) is 5.52. The second kappa shape index (κ2) is 9.90. The summed E-state index contributed by atoms with van der Waals surface area (Å²) >= 11 is 0. The standard InChI is InChI=1S/C22H21F6N7O/c1-34-17-10-15(31-16(11-29)20(17)32-33-34)13-3-4-18(14(9-13)21(23,24)25)36-8-2-6-35-7-5-30-19(12-35)22(26,27)28/h3-4,9-10,19,30H,2,5-8,12H2,1H3. The van der Waals surface area contributed by atoms with Gasteiger partial charge in [-0.25, -0.2) is 9.67 Å². The van der Waals surface area contributed by atoms with Crippen LogP contribution in [0.5, 0.6) is 5.75 Å². The quantitative estimate of drug-likeness (QED) is 0.398. The van der Waals surface area contributed by atoms with Gasteiger partial charge in [-0.05, 0) is 30.7 Å². The molecule has 0 saturated carbocycles. The lowest BCUT2D eigenvalue weighted by Crippen LogP contribution is -2.57. The van der Waals surface area contributed by atoms with Gasteiger partial charge in [0.1, 0.15) is 23.4 Å². The highest BCUT2D eigenvalue weighted by molar-refractivity contribution is 5.83. The summed E-state index contributed by atoms with van der Waals surface area (Å²) in [6.07, 6.45) is -8.85. The molecule has 1 aliphatic rings. The second-order valence-corrected chi connectivity index (χ2v) is 8.31. The fourth-order valence-corrected chi connectivity index (χ4v) is 4.00. The number of aryl methyl sites for hydroxylation is 1. The van der Waals surface area contributed by atoms with Crippen LogP contribution in [0.1, 0.15) is 17.7 Å². The minimum Gasteiger partial charge on any atom is -0.493 e. The molecule has 0 spiro atoms. The van der Waals surface area contributed by atoms with Gasteiger partial charge in [-0.1, -0.05) is 5.21 Å². The lowest BCUT2D eigenvalue weighted by Gasteiger charge is -2.34. The first-order valence-corrected chi connectivity index (χ1v) is 10.9. The molecule has 1 aromatic carbocycles. The molecule has 1 unspecified atom stereocenters. The smallest absolute Gasteiger partial charge is 0.419 e. The first-order valence-electron chi connectivity index (χ1n) is 10.9. The molecule has 8 nitrogen and oxygen atoms in total. The summed E-state index contributed by atoms with van der Waals surface area (Å²) in [4.78, 5) is 5.74. The zero-order chi connectivity index (χ0) is 26.1. The van der Waals surface area contributed by atoms with E-state index in [1.54, 1.807) is 11.9 Å². The number of nitrogens with one attached hydrogen (secondary N) is 1. The van der Waals surface area contributed by atoms with Gasteiger partial charge in [-0.3, -0.25) is 0 Å². The molecule has 4 rings (SSSR count). The van der Waals surface area contributed by atoms with Crippen LogP contribution in [0.3, 0.4) is 0 Å². The van der Waals surface area contributed by atoms with Crippen molar-refractivity contribution in [2.45, 2.75) is 24.8 Å². The van der Waals surface area contributed by atoms with Gasteiger partial charge >= 0.3 is 12.4 Å². The van der Waals surface area contributed by atoms with Gasteiger partial charge in [0.2, 0.25) is 0 Å². The van der Waals surface area contributed by atoms with Gasteiger partial charge in [0.15, 0.2) is 5.69 Å². The van der Waals surface area contributed by atoms with Crippen LogP contribution in [-0.4, -0.2) is 69.9 Å². The van der Waals surface area contributed by atoms with Crippen LogP contribution in [0, 0.1) is 11.3 Å². The summed E-state index contributed by atoms with van der Waals surface area (Å²) < 4.78 is 86.9. The lowest BCUT2D eigenvalue weighted by atomic mass is 10.1. The maximum absolute atomic E-state index is 13.8. The van der Waals surface area contributed by atoms with Gasteiger partial charge < -0.3 is 15.0 Å². The van der Waals surface area contributed by atoms with E-state index in [4.69, 9.17) is 4.74 Å². The third-order valence-electron chi connectivity index (χ3n) is 5.82. The Morgan fingerprint density at radius 2 is 1.97 bits per heavy atom. The van der Waals surface area contributed by atoms with E-state index in [1.807, 2.05) is 6.07 Å². The Balaban J connectivity index is 1.48. The first-order chi connectivity index (χ1) is 17.0. The van der Waals surface area contributed by atoms with E-state index in [2.05, 4.69) is 20.6 Å². The average Bonchev–Trinajstić information content (AvgIpc) is 3.21. The van der Waals surface area contributed by atoms with Crippen molar-refractivity contribution >= 4 is 11.0 Å². The van der Waals surface area contributed by atoms with Crippen LogP contribution < -0.4 is 10.1 Å². The lowest BCUT2D eigenvalue weighted by molar-refractivity contribution is -0.164. The minimum atomic E-state index is -4.74. The van der Waals surface area contributed by atoms with Gasteiger partial charge in [0.25, 0.3) is 0 Å². The Labute approximate surface area is 201 Å². The van der Waals surface area contributed by atoms with E-state index in [0.29, 0.717) is 12.1 Å². The van der Waals surface area contributed by atoms with Gasteiger partial charge in [-0.2, -0.15) is 31.6 Å². The fourth-order valence-electron chi connectivity index (χ4n) is 4.00. The van der Waals surface area contributed by atoms with E-state index in [1.165, 1.54) is 22.9 Å². The predicted molar refractivity (Wildman–Crippen MR) is 116 cm³/mol. The number of ether oxygens (including phenoxy) is 1. The summed E-state index contributed by atoms with van der Waals surface area (Å²) in [5, 5.41) is 19.4. The van der Waals surface area contributed by atoms with E-state index in [0.717, 1.165) is 6.07 Å². The highest BCUT2D eigenvalue weighted by Crippen LogP contribution is 2.39. The monoisotopic (exact) mass is 513 g/mol. The van der Waals surface area contributed by atoms with Crippen LogP contribution >= 0.6 is 0 Å². The van der Waals surface area contributed by atoms with Crippen molar-refractivity contribution in [3.8, 4) is 23.1 Å². The summed E-state index contributed by atoms with van der Waals surface area (Å²) in [6.45, 7) is 0.510. The van der Waals surface area contributed by atoms with Gasteiger partial charge in [-0.15, -0.1) is 5.10 Å². The number of piperazine rings is 1. The molecule has 2 aromatic heterocycles. The Kier molecular flexibility index (Phi) is 7.05. The number of fused-ring (bicyclic) bond motifs is 1. The van der Waals surface area contributed by atoms with E-state index in [9.17, 15) is 31.6 Å². The molecule has 1 aliphatic heterocycles. The van der Waals surface area contributed by atoms with Crippen molar-refractivity contribution < 1.29 is 31.1 Å². The van der Waals surface area contributed by atoms with Crippen molar-refractivity contribution in [3.05, 3.63) is 35.5 Å². The Morgan fingerprint density at radius 1 is 1.19 bits per heavy atom. The molecule has 14 heteroatoms. The number of alkyl halides is 6. The summed E-state index contributed by atoms with van der Waals surface area (Å²) in [6, 6.07) is 5.19. The van der Waals surface area contributed by atoms with Crippen molar-refractivity contribution in [2.24, 2.45) is 7.05 Å². The summed E-state index contributed by atoms with van der Waals surface area (Å²) in [7, 11) is 1.59. The summed E-state index contributed by atoms with van der Waals surface area (Å²) in [5.41, 5.74) is -0.155. The fraction of sp³-hybridized carbons (Fsp3) is 0.455. The average molecular weight is 513 g/mol. The molecule has 192 valence electrons. The molecule has 0 amide bonds. The van der Waals surface area contributed by atoms with E-state index >= 15 is 0 Å². The van der Waals surface area contributed by atoms with Gasteiger partial charge in [0.05, 0.1) is 23.4 Å². The largest absolute Gasteiger partial charge is 0.493 e. The molecule has 0 radical (unpaired) electrons. The Morgan fingerprint density at radius 3 is 2.67 bits per heavy atom. The normalized spacial score (nSPS) is 17.3. The zero-order valence-corrected chi connectivity index (χ0v) is 19.0. The number of halogens is 6. The highest BCUT2D eigenvalue weighted by atomic mass is 19.4. The molecular formula is C22H21F6N7O. The number of pyridine rings is 1. The van der Waals surface area contributed by atoms with Crippen molar-refractivity contribution in [1.82, 2.24) is 30.2 Å². The van der Waals surface area contributed by atoms with Crippen LogP contribution in [0.25, 0.3) is 22.3 Å². The molecule has 36 heavy (non-hydrogen) atoms. The van der Waals surface area contributed by atoms with Gasteiger partial charge in [0, 0.05) is 38.8 Å². The van der Waals surface area contributed by atoms with Crippen molar-refractivity contribution in [2.75, 3.05) is 32.8 Å². The first kappa shape index (κ1) is 25.6. The molecule has 3 heterocycles. The highest BCUT2D eigenvalue weighted by Gasteiger charge is 2.41. The zero-order valence-electron chi connectivity index (χ0n) is 19.0. The van der Waals surface area contributed by atoms with Crippen molar-refractivity contribution in [3.63, 3.8) is 0 Å². The summed E-state index contributed by atoms with van der Waals surface area (Å²) in [5.74, 6) is -0.400. The maximum Gasteiger partial charge on any atom is 0.419 e. The number of hydrogen-bond donors (Lipinski definition) is 1. The van der Waals surface area contributed by atoms with Crippen molar-refractivity contribution in [1.29, 1.82) is 5.26 Å². The predicted octanol–water partition coefficient (Wildman–Crippen LogP) is 3.53. The van der Waals surface area contributed by atoms with E-state index < -0.39 is 29.7 Å². The van der Waals surface area contributed by atoms with Crippen LogP contribution in [-0.2, 0) is 13.2 Å². The second-order valence-electron chi connectivity index (χ2n) is 8.31. The topological polar surface area (TPSA) is 91.9 Å². The minimum absolute atomic E-state index is 0.0647.